The van der Waals surface area contributed by atoms with E-state index in [1.165, 1.54) is 0 Å². The first-order valence-corrected chi connectivity index (χ1v) is 8.37. The standard InChI is InChI=1S/C18H22N4O2/c1-4-24-14(23)8-6-10-22-11-20-17-15(12(2)3)21-13-7-5-9-19-16(13)18(17)22/h5,7,9,11-12H,4,6,8,10H2,1-3H3. The summed E-state index contributed by atoms with van der Waals surface area (Å²) in [5, 5.41) is 0. The summed E-state index contributed by atoms with van der Waals surface area (Å²) in [7, 11) is 0. The number of imidazole rings is 1. The number of ether oxygens (including phenoxy) is 1. The first-order chi connectivity index (χ1) is 11.6. The zero-order valence-electron chi connectivity index (χ0n) is 14.3. The van der Waals surface area contributed by atoms with Crippen molar-refractivity contribution < 1.29 is 9.53 Å². The van der Waals surface area contributed by atoms with Gasteiger partial charge in [-0.15, -0.1) is 0 Å². The van der Waals surface area contributed by atoms with Gasteiger partial charge in [0.1, 0.15) is 11.0 Å². The molecule has 0 unspecified atom stereocenters. The molecule has 0 fully saturated rings. The van der Waals surface area contributed by atoms with Crippen LogP contribution in [0.2, 0.25) is 0 Å². The molecule has 24 heavy (non-hydrogen) atoms. The van der Waals surface area contributed by atoms with Crippen LogP contribution in [0.5, 0.6) is 0 Å². The highest BCUT2D eigenvalue weighted by atomic mass is 16.5. The maximum Gasteiger partial charge on any atom is 0.305 e. The molecule has 0 saturated heterocycles. The molecule has 0 aliphatic heterocycles. The van der Waals surface area contributed by atoms with E-state index in [-0.39, 0.29) is 11.9 Å². The van der Waals surface area contributed by atoms with Crippen LogP contribution in [0.4, 0.5) is 0 Å². The van der Waals surface area contributed by atoms with Gasteiger partial charge in [-0.3, -0.25) is 9.78 Å². The number of hydrogen-bond donors (Lipinski definition) is 0. The van der Waals surface area contributed by atoms with Crippen LogP contribution in [0.3, 0.4) is 0 Å². The highest BCUT2D eigenvalue weighted by molar-refractivity contribution is 6.00. The highest BCUT2D eigenvalue weighted by Gasteiger charge is 2.16. The Labute approximate surface area is 140 Å². The number of carbonyl (C=O) groups excluding carboxylic acids is 1. The van der Waals surface area contributed by atoms with Crippen molar-refractivity contribution in [3.63, 3.8) is 0 Å². The fraction of sp³-hybridized carbons (Fsp3) is 0.444. The maximum atomic E-state index is 11.5. The second-order valence-corrected chi connectivity index (χ2v) is 6.07. The summed E-state index contributed by atoms with van der Waals surface area (Å²) >= 11 is 0. The minimum absolute atomic E-state index is 0.158. The molecule has 3 aromatic heterocycles. The van der Waals surface area contributed by atoms with E-state index in [1.807, 2.05) is 25.4 Å². The Bertz CT molecular complexity index is 870. The molecular formula is C18H22N4O2. The Morgan fingerprint density at radius 3 is 2.88 bits per heavy atom. The first-order valence-electron chi connectivity index (χ1n) is 8.37. The van der Waals surface area contributed by atoms with Crippen molar-refractivity contribution in [1.29, 1.82) is 0 Å². The van der Waals surface area contributed by atoms with Crippen LogP contribution in [0, 0.1) is 0 Å². The van der Waals surface area contributed by atoms with E-state index >= 15 is 0 Å². The third kappa shape index (κ3) is 3.09. The molecule has 3 heterocycles. The van der Waals surface area contributed by atoms with Gasteiger partial charge in [-0.2, -0.15) is 0 Å². The lowest BCUT2D eigenvalue weighted by Gasteiger charge is -2.10. The molecule has 0 aliphatic carbocycles. The van der Waals surface area contributed by atoms with Crippen LogP contribution in [0.15, 0.2) is 24.7 Å². The molecule has 0 saturated carbocycles. The zero-order chi connectivity index (χ0) is 17.1. The van der Waals surface area contributed by atoms with Crippen molar-refractivity contribution in [3.05, 3.63) is 30.4 Å². The third-order valence-corrected chi connectivity index (χ3v) is 3.96. The van der Waals surface area contributed by atoms with Crippen molar-refractivity contribution in [1.82, 2.24) is 19.5 Å². The molecule has 3 aromatic rings. The number of esters is 1. The molecule has 0 amide bonds. The topological polar surface area (TPSA) is 69.9 Å². The molecule has 3 rings (SSSR count). The summed E-state index contributed by atoms with van der Waals surface area (Å²) in [6.45, 7) is 7.17. The molecule has 0 aromatic carbocycles. The summed E-state index contributed by atoms with van der Waals surface area (Å²) in [6, 6.07) is 3.87. The summed E-state index contributed by atoms with van der Waals surface area (Å²) in [5.74, 6) is 0.120. The molecule has 0 radical (unpaired) electrons. The Kier molecular flexibility index (Phi) is 4.74. The average molecular weight is 326 g/mol. The Morgan fingerprint density at radius 2 is 2.12 bits per heavy atom. The summed E-state index contributed by atoms with van der Waals surface area (Å²) < 4.78 is 7.05. The largest absolute Gasteiger partial charge is 0.466 e. The molecule has 6 heteroatoms. The van der Waals surface area contributed by atoms with Gasteiger partial charge in [-0.25, -0.2) is 9.97 Å². The van der Waals surface area contributed by atoms with E-state index in [9.17, 15) is 4.79 Å². The predicted molar refractivity (Wildman–Crippen MR) is 92.8 cm³/mol. The van der Waals surface area contributed by atoms with Gasteiger partial charge in [0.05, 0.1) is 29.7 Å². The molecule has 0 bridgehead atoms. The monoisotopic (exact) mass is 326 g/mol. The molecule has 0 atom stereocenters. The Morgan fingerprint density at radius 1 is 1.29 bits per heavy atom. The highest BCUT2D eigenvalue weighted by Crippen LogP contribution is 2.28. The maximum absolute atomic E-state index is 11.5. The van der Waals surface area contributed by atoms with E-state index < -0.39 is 0 Å². The zero-order valence-corrected chi connectivity index (χ0v) is 14.3. The summed E-state index contributed by atoms with van der Waals surface area (Å²) in [5.41, 5.74) is 4.60. The van der Waals surface area contributed by atoms with Gasteiger partial charge in [-0.1, -0.05) is 13.8 Å². The number of aryl methyl sites for hydroxylation is 1. The number of fused-ring (bicyclic) bond motifs is 3. The fourth-order valence-electron chi connectivity index (χ4n) is 2.87. The smallest absolute Gasteiger partial charge is 0.305 e. The summed E-state index contributed by atoms with van der Waals surface area (Å²) in [6.07, 6.45) is 4.70. The summed E-state index contributed by atoms with van der Waals surface area (Å²) in [4.78, 5) is 25.3. The van der Waals surface area contributed by atoms with Crippen LogP contribution in [-0.2, 0) is 16.1 Å². The molecule has 0 aliphatic rings. The third-order valence-electron chi connectivity index (χ3n) is 3.96. The lowest BCUT2D eigenvalue weighted by molar-refractivity contribution is -0.143. The minimum Gasteiger partial charge on any atom is -0.466 e. The number of hydrogen-bond acceptors (Lipinski definition) is 5. The van der Waals surface area contributed by atoms with Gasteiger partial charge < -0.3 is 9.30 Å². The fourth-order valence-corrected chi connectivity index (χ4v) is 2.87. The SMILES string of the molecule is CCOC(=O)CCCn1cnc2c(C(C)C)nc3cccnc3c21. The molecule has 0 N–H and O–H groups in total. The number of carbonyl (C=O) groups is 1. The lowest BCUT2D eigenvalue weighted by atomic mass is 10.1. The van der Waals surface area contributed by atoms with E-state index in [4.69, 9.17) is 9.72 Å². The van der Waals surface area contributed by atoms with Crippen molar-refractivity contribution in [2.45, 2.75) is 46.1 Å². The average Bonchev–Trinajstić information content (AvgIpc) is 2.98. The quantitative estimate of drug-likeness (QED) is 0.649. The Balaban J connectivity index is 1.99. The first kappa shape index (κ1) is 16.4. The van der Waals surface area contributed by atoms with Crippen molar-refractivity contribution in [3.8, 4) is 0 Å². The minimum atomic E-state index is -0.158. The number of pyridine rings is 2. The van der Waals surface area contributed by atoms with Crippen LogP contribution in [0.1, 0.15) is 45.2 Å². The van der Waals surface area contributed by atoms with Crippen LogP contribution >= 0.6 is 0 Å². The van der Waals surface area contributed by atoms with Gasteiger partial charge >= 0.3 is 5.97 Å². The second kappa shape index (κ2) is 6.95. The Hall–Kier alpha value is -2.50. The van der Waals surface area contributed by atoms with Gasteiger partial charge in [0.2, 0.25) is 0 Å². The van der Waals surface area contributed by atoms with Crippen molar-refractivity contribution >= 4 is 28.0 Å². The number of nitrogens with zero attached hydrogens (tertiary/aromatic N) is 4. The van der Waals surface area contributed by atoms with Crippen LogP contribution in [-0.4, -0.2) is 32.1 Å². The normalized spacial score (nSPS) is 11.5. The molecule has 0 spiro atoms. The molecule has 126 valence electrons. The second-order valence-electron chi connectivity index (χ2n) is 6.07. The van der Waals surface area contributed by atoms with E-state index in [2.05, 4.69) is 28.4 Å². The lowest BCUT2D eigenvalue weighted by Crippen LogP contribution is -2.06. The predicted octanol–water partition coefficient (Wildman–Crippen LogP) is 3.45. The van der Waals surface area contributed by atoms with Crippen LogP contribution < -0.4 is 0 Å². The number of aromatic nitrogens is 4. The van der Waals surface area contributed by atoms with E-state index in [0.717, 1.165) is 27.8 Å². The number of rotatable bonds is 6. The molecular weight excluding hydrogens is 304 g/mol. The van der Waals surface area contributed by atoms with Crippen molar-refractivity contribution in [2.75, 3.05) is 6.61 Å². The molecule has 6 nitrogen and oxygen atoms in total. The van der Waals surface area contributed by atoms with Gasteiger partial charge in [-0.05, 0) is 31.4 Å². The van der Waals surface area contributed by atoms with E-state index in [0.29, 0.717) is 26.0 Å². The van der Waals surface area contributed by atoms with E-state index in [1.54, 1.807) is 6.20 Å². The van der Waals surface area contributed by atoms with Gasteiger partial charge in [0.15, 0.2) is 0 Å². The van der Waals surface area contributed by atoms with Crippen molar-refractivity contribution in [2.24, 2.45) is 0 Å². The van der Waals surface area contributed by atoms with Gasteiger partial charge in [0, 0.05) is 19.2 Å². The van der Waals surface area contributed by atoms with Gasteiger partial charge in [0.25, 0.3) is 0 Å². The van der Waals surface area contributed by atoms with Crippen LogP contribution in [0.25, 0.3) is 22.1 Å².